The van der Waals surface area contributed by atoms with Crippen LogP contribution in [0.1, 0.15) is 0 Å². The van der Waals surface area contributed by atoms with Crippen molar-refractivity contribution >= 4 is 76.3 Å². The summed E-state index contributed by atoms with van der Waals surface area (Å²) in [6.07, 6.45) is 0. The van der Waals surface area contributed by atoms with Crippen LogP contribution in [0.4, 0.5) is 0 Å². The molecule has 0 fully saturated rings. The molecule has 5 heteroatoms. The number of halogens is 4. The fourth-order valence-corrected chi connectivity index (χ4v) is 0. The molecule has 43 valence electrons. The van der Waals surface area contributed by atoms with E-state index in [-0.39, 0.29) is 3.74 Å². The van der Waals surface area contributed by atoms with E-state index in [1.165, 1.54) is 0 Å². The summed E-state index contributed by atoms with van der Waals surface area (Å²) in [7, 11) is 0. The Hall–Kier alpha value is 2.27. The van der Waals surface area contributed by atoms with Crippen molar-refractivity contribution < 1.29 is 0 Å². The third kappa shape index (κ3) is 4.75. The Bertz CT molecular complexity index is 55.2. The number of rotatable bonds is 1. The van der Waals surface area contributed by atoms with Crippen molar-refractivity contribution in [1.29, 1.82) is 0 Å². The van der Waals surface area contributed by atoms with Gasteiger partial charge in [0.15, 0.2) is 2.57 Å². The summed E-state index contributed by atoms with van der Waals surface area (Å²) in [5, 5.41) is 0. The second kappa shape index (κ2) is 3.44. The van der Waals surface area contributed by atoms with Gasteiger partial charge < -0.3 is 0 Å². The Morgan fingerprint density at radius 1 is 1.29 bits per heavy atom. The second-order valence-corrected chi connectivity index (χ2v) is 9.18. The molecular weight excluding hydrogens is 376 g/mol. The molecule has 0 bridgehead atoms. The highest BCUT2D eigenvalue weighted by molar-refractivity contribution is 9.31. The van der Waals surface area contributed by atoms with Crippen LogP contribution in [0.5, 0.6) is 0 Å². The van der Waals surface area contributed by atoms with E-state index in [0.29, 0.717) is 0 Å². The molecule has 0 heterocycles. The normalized spacial score (nSPS) is 12.9. The standard InChI is InChI=1S/C2HBr4S/c3-1(4)2(5,6)7/h1H. The molecular formula is C2HBr4S. The molecule has 0 aromatic carbocycles. The van der Waals surface area contributed by atoms with Gasteiger partial charge in [0.25, 0.3) is 0 Å². The maximum absolute atomic E-state index is 4.85. The zero-order valence-electron chi connectivity index (χ0n) is 3.00. The molecule has 0 aliphatic rings. The van der Waals surface area contributed by atoms with E-state index in [9.17, 15) is 0 Å². The Morgan fingerprint density at radius 3 is 1.43 bits per heavy atom. The van der Waals surface area contributed by atoms with Gasteiger partial charge in [0, 0.05) is 0 Å². The van der Waals surface area contributed by atoms with Crippen LogP contribution in [0.25, 0.3) is 0 Å². The molecule has 0 aromatic heterocycles. The Balaban J connectivity index is 3.54. The van der Waals surface area contributed by atoms with E-state index in [2.05, 4.69) is 63.7 Å². The molecule has 0 unspecified atom stereocenters. The Kier molecular flexibility index (Phi) is 4.56. The van der Waals surface area contributed by atoms with Crippen molar-refractivity contribution in [2.24, 2.45) is 0 Å². The maximum atomic E-state index is 4.85. The number of hydrogen-bond acceptors (Lipinski definition) is 0. The van der Waals surface area contributed by atoms with Gasteiger partial charge in [0.2, 0.25) is 0 Å². The van der Waals surface area contributed by atoms with Crippen molar-refractivity contribution in [1.82, 2.24) is 0 Å². The lowest BCUT2D eigenvalue weighted by Crippen LogP contribution is -2.09. The van der Waals surface area contributed by atoms with Crippen LogP contribution in [-0.4, -0.2) is 6.30 Å². The summed E-state index contributed by atoms with van der Waals surface area (Å²) in [5.41, 5.74) is 0. The molecule has 0 saturated heterocycles. The molecule has 0 aliphatic carbocycles. The van der Waals surface area contributed by atoms with Crippen LogP contribution in [0.2, 0.25) is 0 Å². The van der Waals surface area contributed by atoms with E-state index in [0.717, 1.165) is 0 Å². The van der Waals surface area contributed by atoms with Crippen LogP contribution in [0.15, 0.2) is 0 Å². The monoisotopic (exact) mass is 373 g/mol. The summed E-state index contributed by atoms with van der Waals surface area (Å²) in [6.45, 7) is 0. The van der Waals surface area contributed by atoms with Crippen LogP contribution in [0.3, 0.4) is 0 Å². The van der Waals surface area contributed by atoms with Gasteiger partial charge in [-0.15, -0.1) is 0 Å². The second-order valence-electron chi connectivity index (χ2n) is 0.862. The number of alkyl halides is 4. The molecule has 0 atom stereocenters. The zero-order chi connectivity index (χ0) is 6.08. The molecule has 1 radical (unpaired) electrons. The minimum absolute atomic E-state index is 0.0718. The molecule has 0 amide bonds. The lowest BCUT2D eigenvalue weighted by Gasteiger charge is -2.11. The highest BCUT2D eigenvalue weighted by Crippen LogP contribution is 2.41. The molecule has 0 spiro atoms. The first kappa shape index (κ1) is 9.27. The number of hydrogen-bond donors (Lipinski definition) is 0. The van der Waals surface area contributed by atoms with Crippen LogP contribution >= 0.6 is 76.3 Å². The molecule has 0 aromatic rings. The molecule has 7 heavy (non-hydrogen) atoms. The van der Waals surface area contributed by atoms with Crippen molar-refractivity contribution in [3.8, 4) is 0 Å². The highest BCUT2D eigenvalue weighted by atomic mass is 79.9. The van der Waals surface area contributed by atoms with Crippen molar-refractivity contribution in [2.75, 3.05) is 0 Å². The smallest absolute Gasteiger partial charge is 0.0730 e. The molecule has 0 N–H and O–H groups in total. The molecule has 0 aliphatic heterocycles. The van der Waals surface area contributed by atoms with Crippen molar-refractivity contribution in [3.63, 3.8) is 0 Å². The van der Waals surface area contributed by atoms with Gasteiger partial charge in [0.1, 0.15) is 3.74 Å². The van der Waals surface area contributed by atoms with Gasteiger partial charge in [-0.1, -0.05) is 76.3 Å². The fourth-order valence-electron chi connectivity index (χ4n) is 0. The van der Waals surface area contributed by atoms with Crippen LogP contribution in [-0.2, 0) is 0 Å². The summed E-state index contributed by atoms with van der Waals surface area (Å²) >= 11 is 17.6. The van der Waals surface area contributed by atoms with Crippen LogP contribution < -0.4 is 0 Å². The fraction of sp³-hybridized carbons (Fsp3) is 1.00. The lowest BCUT2D eigenvalue weighted by atomic mass is 11.0. The minimum atomic E-state index is -0.458. The predicted octanol–water partition coefficient (Wildman–Crippen LogP) is 3.74. The topological polar surface area (TPSA) is 0 Å². The molecule has 0 rings (SSSR count). The van der Waals surface area contributed by atoms with E-state index in [4.69, 9.17) is 12.6 Å². The molecule has 0 nitrogen and oxygen atoms in total. The van der Waals surface area contributed by atoms with Crippen molar-refractivity contribution in [3.05, 3.63) is 0 Å². The van der Waals surface area contributed by atoms with Gasteiger partial charge in [-0.2, -0.15) is 0 Å². The summed E-state index contributed by atoms with van der Waals surface area (Å²) < 4.78 is -0.387. The first-order valence-corrected chi connectivity index (χ1v) is 5.13. The van der Waals surface area contributed by atoms with Crippen LogP contribution in [0, 0.1) is 0 Å². The Labute approximate surface area is 81.7 Å². The average Bonchev–Trinajstić information content (AvgIpc) is 1.31. The highest BCUT2D eigenvalue weighted by Gasteiger charge is 2.25. The van der Waals surface area contributed by atoms with E-state index in [1.807, 2.05) is 0 Å². The SMILES string of the molecule is [S]C(Br)(Br)C(Br)Br. The van der Waals surface area contributed by atoms with Gasteiger partial charge in [-0.3, -0.25) is 0 Å². The zero-order valence-corrected chi connectivity index (χ0v) is 10.2. The van der Waals surface area contributed by atoms with Crippen molar-refractivity contribution in [2.45, 2.75) is 6.30 Å². The summed E-state index contributed by atoms with van der Waals surface area (Å²) in [6, 6.07) is 0. The van der Waals surface area contributed by atoms with Gasteiger partial charge >= 0.3 is 0 Å². The van der Waals surface area contributed by atoms with E-state index < -0.39 is 2.57 Å². The predicted molar refractivity (Wildman–Crippen MR) is 49.8 cm³/mol. The maximum Gasteiger partial charge on any atom is 0.157 e. The van der Waals surface area contributed by atoms with Gasteiger partial charge in [-0.05, 0) is 0 Å². The summed E-state index contributed by atoms with van der Waals surface area (Å²) in [4.78, 5) is 0. The van der Waals surface area contributed by atoms with E-state index >= 15 is 0 Å². The third-order valence-corrected chi connectivity index (χ3v) is 5.84. The third-order valence-electron chi connectivity index (χ3n) is 0.254. The van der Waals surface area contributed by atoms with E-state index in [1.54, 1.807) is 0 Å². The van der Waals surface area contributed by atoms with Gasteiger partial charge in [-0.25, -0.2) is 0 Å². The first-order chi connectivity index (χ1) is 2.94. The largest absolute Gasteiger partial charge is 0.157 e. The quantitative estimate of drug-likeness (QED) is 0.612. The minimum Gasteiger partial charge on any atom is -0.0730 e. The van der Waals surface area contributed by atoms with Gasteiger partial charge in [0.05, 0.1) is 0 Å². The average molecular weight is 377 g/mol. The Morgan fingerprint density at radius 2 is 1.43 bits per heavy atom. The lowest BCUT2D eigenvalue weighted by molar-refractivity contribution is 1.38. The first-order valence-electron chi connectivity index (χ1n) is 1.31. The summed E-state index contributed by atoms with van der Waals surface area (Å²) in [5.74, 6) is 0. The molecule has 0 saturated carbocycles.